The summed E-state index contributed by atoms with van der Waals surface area (Å²) in [6.07, 6.45) is 5.43. The number of hydrogen-bond donors (Lipinski definition) is 1. The van der Waals surface area contributed by atoms with E-state index < -0.39 is 0 Å². The first-order chi connectivity index (χ1) is 16.9. The Hall–Kier alpha value is -2.34. The second-order valence-electron chi connectivity index (χ2n) is 9.62. The number of aryl methyl sites for hydroxylation is 1. The number of benzene rings is 2. The fourth-order valence-corrected chi connectivity index (χ4v) is 5.22. The highest BCUT2D eigenvalue weighted by atomic mass is 79.9. The number of nitrogens with two attached hydrogens (primary N) is 1. The van der Waals surface area contributed by atoms with Crippen molar-refractivity contribution in [2.24, 2.45) is 16.6 Å². The number of carbonyl (C=O) groups excluding carboxylic acids is 1. The van der Waals surface area contributed by atoms with Crippen molar-refractivity contribution in [2.75, 3.05) is 19.7 Å². The van der Waals surface area contributed by atoms with Crippen LogP contribution in [0.5, 0.6) is 0 Å². The lowest BCUT2D eigenvalue weighted by Crippen LogP contribution is -2.52. The van der Waals surface area contributed by atoms with Crippen LogP contribution in [0.15, 0.2) is 64.1 Å². The molecule has 2 unspecified atom stereocenters. The molecule has 6 heteroatoms. The van der Waals surface area contributed by atoms with Crippen LogP contribution in [0.25, 0.3) is 0 Å². The average Bonchev–Trinajstić information content (AvgIpc) is 2.89. The van der Waals surface area contributed by atoms with Crippen molar-refractivity contribution in [3.05, 3.63) is 70.2 Å². The molecule has 2 atom stereocenters. The molecule has 0 saturated carbocycles. The molecule has 0 aromatic heterocycles. The van der Waals surface area contributed by atoms with Crippen LogP contribution in [0.1, 0.15) is 64.0 Å². The molecule has 2 N–H and O–H groups in total. The number of piperidine rings is 1. The van der Waals surface area contributed by atoms with Gasteiger partial charge in [-0.3, -0.25) is 4.99 Å². The Morgan fingerprint density at radius 1 is 1.11 bits per heavy atom. The number of amides is 1. The van der Waals surface area contributed by atoms with E-state index in [2.05, 4.69) is 78.3 Å². The van der Waals surface area contributed by atoms with Crippen LogP contribution in [0.3, 0.4) is 0 Å². The van der Waals surface area contributed by atoms with Crippen LogP contribution in [-0.2, 0) is 16.6 Å². The van der Waals surface area contributed by atoms with Crippen molar-refractivity contribution in [1.82, 2.24) is 4.90 Å². The van der Waals surface area contributed by atoms with Gasteiger partial charge < -0.3 is 15.4 Å². The number of aliphatic imine (C=N–C) groups is 1. The minimum atomic E-state index is -0.359. The van der Waals surface area contributed by atoms with Crippen LogP contribution >= 0.6 is 15.9 Å². The lowest BCUT2D eigenvalue weighted by atomic mass is 9.71. The summed E-state index contributed by atoms with van der Waals surface area (Å²) in [4.78, 5) is 19.3. The first-order valence-corrected chi connectivity index (χ1v) is 13.7. The molecule has 2 aromatic rings. The molecule has 0 radical (unpaired) electrons. The monoisotopic (exact) mass is 541 g/mol. The van der Waals surface area contributed by atoms with Gasteiger partial charge >= 0.3 is 6.09 Å². The van der Waals surface area contributed by atoms with Gasteiger partial charge in [-0.05, 0) is 68.2 Å². The minimum absolute atomic E-state index is 0.180. The maximum absolute atomic E-state index is 12.3. The number of halogens is 1. The van der Waals surface area contributed by atoms with Gasteiger partial charge in [0, 0.05) is 17.6 Å². The SMILES string of the molecule is CCOC(=O)N1CCC(C(N)=NC(CCCc2ccc(Br)cc2)C(C)CC)(c2ccccc2)CC1. The lowest BCUT2D eigenvalue weighted by Gasteiger charge is -2.42. The Labute approximate surface area is 219 Å². The molecule has 0 spiro atoms. The van der Waals surface area contributed by atoms with Crippen molar-refractivity contribution in [3.8, 4) is 0 Å². The maximum atomic E-state index is 12.3. The number of ether oxygens (including phenoxy) is 1. The van der Waals surface area contributed by atoms with Crippen molar-refractivity contribution >= 4 is 27.9 Å². The van der Waals surface area contributed by atoms with Crippen LogP contribution in [0.4, 0.5) is 4.79 Å². The normalized spacial score (nSPS) is 17.6. The predicted octanol–water partition coefficient (Wildman–Crippen LogP) is 6.73. The summed E-state index contributed by atoms with van der Waals surface area (Å²) in [5.41, 5.74) is 9.07. The van der Waals surface area contributed by atoms with E-state index >= 15 is 0 Å². The molecule has 1 amide bonds. The number of nitrogens with zero attached hydrogens (tertiary/aromatic N) is 2. The third kappa shape index (κ3) is 7.09. The Bertz CT molecular complexity index is 954. The van der Waals surface area contributed by atoms with Gasteiger partial charge in [-0.15, -0.1) is 0 Å². The van der Waals surface area contributed by atoms with Gasteiger partial charge in [0.2, 0.25) is 0 Å². The summed E-state index contributed by atoms with van der Waals surface area (Å²) in [5.74, 6) is 1.16. The van der Waals surface area contributed by atoms with Crippen LogP contribution in [-0.4, -0.2) is 42.6 Å². The second kappa shape index (κ2) is 13.1. The number of rotatable bonds is 10. The van der Waals surface area contributed by atoms with Gasteiger partial charge in [-0.2, -0.15) is 0 Å². The predicted molar refractivity (Wildman–Crippen MR) is 148 cm³/mol. The second-order valence-corrected chi connectivity index (χ2v) is 10.5. The molecule has 0 bridgehead atoms. The summed E-state index contributed by atoms with van der Waals surface area (Å²) in [6.45, 7) is 7.96. The summed E-state index contributed by atoms with van der Waals surface area (Å²) in [5, 5.41) is 0. The standard InChI is InChI=1S/C29H40BrN3O2/c1-4-22(3)26(13-9-10-23-14-16-25(30)17-15-23)32-27(31)29(24-11-7-6-8-12-24)18-20-33(21-19-29)28(34)35-5-2/h6-8,11-12,14-17,22,26H,4-5,9-10,13,18-21H2,1-3H3,(H2,31,32). The molecule has 0 aliphatic carbocycles. The van der Waals surface area contributed by atoms with Gasteiger partial charge in [0.05, 0.1) is 18.1 Å². The summed E-state index contributed by atoms with van der Waals surface area (Å²) < 4.78 is 6.34. The minimum Gasteiger partial charge on any atom is -0.450 e. The molecule has 1 saturated heterocycles. The number of hydrogen-bond acceptors (Lipinski definition) is 3. The summed E-state index contributed by atoms with van der Waals surface area (Å²) in [6, 6.07) is 19.2. The van der Waals surface area contributed by atoms with Gasteiger partial charge in [-0.1, -0.05) is 78.7 Å². The van der Waals surface area contributed by atoms with Crippen molar-refractivity contribution in [1.29, 1.82) is 0 Å². The molecule has 5 nitrogen and oxygen atoms in total. The number of likely N-dealkylation sites (tertiary alicyclic amines) is 1. The summed E-state index contributed by atoms with van der Waals surface area (Å²) in [7, 11) is 0. The third-order valence-corrected chi connectivity index (χ3v) is 7.97. The van der Waals surface area contributed by atoms with E-state index in [0.717, 1.165) is 43.0 Å². The third-order valence-electron chi connectivity index (χ3n) is 7.44. The van der Waals surface area contributed by atoms with E-state index in [0.29, 0.717) is 31.4 Å². The number of carbonyl (C=O) groups is 1. The Balaban J connectivity index is 1.80. The fourth-order valence-electron chi connectivity index (χ4n) is 4.95. The van der Waals surface area contributed by atoms with Gasteiger partial charge in [0.25, 0.3) is 0 Å². The molecule has 35 heavy (non-hydrogen) atoms. The van der Waals surface area contributed by atoms with Gasteiger partial charge in [0.1, 0.15) is 5.84 Å². The van der Waals surface area contributed by atoms with E-state index in [1.807, 2.05) is 13.0 Å². The summed E-state index contributed by atoms with van der Waals surface area (Å²) >= 11 is 3.51. The first-order valence-electron chi connectivity index (χ1n) is 12.9. The largest absolute Gasteiger partial charge is 0.450 e. The molecule has 2 aromatic carbocycles. The molecule has 1 fully saturated rings. The van der Waals surface area contributed by atoms with E-state index in [-0.39, 0.29) is 17.6 Å². The quantitative estimate of drug-likeness (QED) is 0.267. The maximum Gasteiger partial charge on any atom is 0.409 e. The molecule has 1 heterocycles. The first kappa shape index (κ1) is 27.3. The topological polar surface area (TPSA) is 67.9 Å². The van der Waals surface area contributed by atoms with Crippen molar-refractivity contribution in [2.45, 2.75) is 70.8 Å². The van der Waals surface area contributed by atoms with Crippen LogP contribution in [0, 0.1) is 5.92 Å². The highest BCUT2D eigenvalue weighted by Gasteiger charge is 2.41. The van der Waals surface area contributed by atoms with Crippen molar-refractivity contribution in [3.63, 3.8) is 0 Å². The van der Waals surface area contributed by atoms with E-state index in [9.17, 15) is 4.79 Å². The molecule has 1 aliphatic heterocycles. The van der Waals surface area contributed by atoms with E-state index in [4.69, 9.17) is 15.5 Å². The van der Waals surface area contributed by atoms with Gasteiger partial charge in [0.15, 0.2) is 0 Å². The highest BCUT2D eigenvalue weighted by molar-refractivity contribution is 9.10. The van der Waals surface area contributed by atoms with Gasteiger partial charge in [-0.25, -0.2) is 4.79 Å². The highest BCUT2D eigenvalue weighted by Crippen LogP contribution is 2.37. The zero-order valence-electron chi connectivity index (χ0n) is 21.4. The Morgan fingerprint density at radius 2 is 1.77 bits per heavy atom. The fraction of sp³-hybridized carbons (Fsp3) is 0.517. The average molecular weight is 543 g/mol. The Morgan fingerprint density at radius 3 is 2.37 bits per heavy atom. The molecule has 1 aliphatic rings. The Kier molecular flexibility index (Phi) is 10.2. The molecule has 3 rings (SSSR count). The molecule has 190 valence electrons. The molecular weight excluding hydrogens is 502 g/mol. The molecular formula is C29H40BrN3O2. The van der Waals surface area contributed by atoms with E-state index in [1.54, 1.807) is 4.90 Å². The smallest absolute Gasteiger partial charge is 0.409 e. The van der Waals surface area contributed by atoms with Crippen molar-refractivity contribution < 1.29 is 9.53 Å². The zero-order valence-corrected chi connectivity index (χ0v) is 23.0. The van der Waals surface area contributed by atoms with E-state index in [1.165, 1.54) is 11.1 Å². The lowest BCUT2D eigenvalue weighted by molar-refractivity contribution is 0.0929. The van der Waals surface area contributed by atoms with Crippen LogP contribution in [0.2, 0.25) is 0 Å². The van der Waals surface area contributed by atoms with Crippen LogP contribution < -0.4 is 5.73 Å². The zero-order chi connectivity index (χ0) is 25.3. The number of amidine groups is 1.